The molecule has 0 atom stereocenters. The summed E-state index contributed by atoms with van der Waals surface area (Å²) >= 11 is 0. The number of nitrogens with zero attached hydrogens (tertiary/aromatic N) is 3. The van der Waals surface area contributed by atoms with Crippen LogP contribution in [0.25, 0.3) is 0 Å². The van der Waals surface area contributed by atoms with E-state index in [-0.39, 0.29) is 17.1 Å². The third-order valence-electron chi connectivity index (χ3n) is 4.09. The monoisotopic (exact) mass is 366 g/mol. The van der Waals surface area contributed by atoms with Crippen LogP contribution in [0.5, 0.6) is 5.75 Å². The van der Waals surface area contributed by atoms with Gasteiger partial charge in [-0.2, -0.15) is 13.2 Å². The average Bonchev–Trinajstić information content (AvgIpc) is 3.15. The maximum atomic E-state index is 12.9. The van der Waals surface area contributed by atoms with Gasteiger partial charge in [-0.1, -0.05) is 0 Å². The summed E-state index contributed by atoms with van der Waals surface area (Å²) in [6.45, 7) is 1.69. The lowest BCUT2D eigenvalue weighted by Crippen LogP contribution is -2.21. The molecule has 1 amide bonds. The molecule has 1 aliphatic rings. The minimum absolute atomic E-state index is 0.0707. The average molecular weight is 366 g/mol. The lowest BCUT2D eigenvalue weighted by Gasteiger charge is -2.17. The summed E-state index contributed by atoms with van der Waals surface area (Å²) < 4.78 is 43.8. The van der Waals surface area contributed by atoms with Gasteiger partial charge in [-0.25, -0.2) is 9.97 Å². The number of carbonyl (C=O) groups is 1. The third kappa shape index (κ3) is 3.87. The molecule has 0 bridgehead atoms. The highest BCUT2D eigenvalue weighted by Gasteiger charge is 2.31. The van der Waals surface area contributed by atoms with Gasteiger partial charge in [0.2, 0.25) is 0 Å². The van der Waals surface area contributed by atoms with Crippen molar-refractivity contribution in [2.45, 2.75) is 19.0 Å². The molecule has 0 saturated carbocycles. The molecule has 3 rings (SSSR count). The highest BCUT2D eigenvalue weighted by molar-refractivity contribution is 6.04. The molecule has 1 aromatic carbocycles. The molecule has 0 aliphatic carbocycles. The highest BCUT2D eigenvalue weighted by Crippen LogP contribution is 2.35. The van der Waals surface area contributed by atoms with Crippen molar-refractivity contribution in [2.75, 3.05) is 30.4 Å². The van der Waals surface area contributed by atoms with Crippen molar-refractivity contribution in [3.8, 4) is 5.75 Å². The zero-order valence-electron chi connectivity index (χ0n) is 14.0. The molecule has 1 aromatic heterocycles. The molecule has 1 N–H and O–H groups in total. The predicted molar refractivity (Wildman–Crippen MR) is 89.4 cm³/mol. The Morgan fingerprint density at radius 2 is 1.92 bits per heavy atom. The molecule has 1 saturated heterocycles. The Bertz CT molecular complexity index is 805. The van der Waals surface area contributed by atoms with Gasteiger partial charge < -0.3 is 15.0 Å². The number of rotatable bonds is 4. The molecule has 0 unspecified atom stereocenters. The quantitative estimate of drug-likeness (QED) is 0.899. The van der Waals surface area contributed by atoms with Crippen LogP contribution >= 0.6 is 0 Å². The lowest BCUT2D eigenvalue weighted by molar-refractivity contribution is -0.137. The molecule has 138 valence electrons. The van der Waals surface area contributed by atoms with Crippen LogP contribution in [-0.4, -0.2) is 36.1 Å². The van der Waals surface area contributed by atoms with Crippen LogP contribution in [0.15, 0.2) is 30.6 Å². The van der Waals surface area contributed by atoms with Gasteiger partial charge in [0, 0.05) is 19.2 Å². The van der Waals surface area contributed by atoms with Crippen molar-refractivity contribution in [1.29, 1.82) is 0 Å². The summed E-state index contributed by atoms with van der Waals surface area (Å²) in [4.78, 5) is 22.6. The lowest BCUT2D eigenvalue weighted by atomic mass is 10.1. The Morgan fingerprint density at radius 3 is 2.58 bits per heavy atom. The van der Waals surface area contributed by atoms with E-state index >= 15 is 0 Å². The fourth-order valence-corrected chi connectivity index (χ4v) is 2.76. The number of amides is 1. The van der Waals surface area contributed by atoms with E-state index in [0.717, 1.165) is 44.1 Å². The van der Waals surface area contributed by atoms with Crippen molar-refractivity contribution >= 4 is 17.4 Å². The van der Waals surface area contributed by atoms with E-state index in [9.17, 15) is 18.0 Å². The van der Waals surface area contributed by atoms with E-state index in [0.29, 0.717) is 5.82 Å². The molecule has 0 spiro atoms. The van der Waals surface area contributed by atoms with Crippen LogP contribution in [0.2, 0.25) is 0 Å². The highest BCUT2D eigenvalue weighted by atomic mass is 19.4. The van der Waals surface area contributed by atoms with Gasteiger partial charge >= 0.3 is 6.18 Å². The van der Waals surface area contributed by atoms with Crippen LogP contribution in [-0.2, 0) is 6.18 Å². The van der Waals surface area contributed by atoms with E-state index in [4.69, 9.17) is 4.74 Å². The van der Waals surface area contributed by atoms with Crippen LogP contribution in [0.1, 0.15) is 28.9 Å². The van der Waals surface area contributed by atoms with Gasteiger partial charge in [-0.15, -0.1) is 0 Å². The van der Waals surface area contributed by atoms with Gasteiger partial charge in [0.1, 0.15) is 23.6 Å². The summed E-state index contributed by atoms with van der Waals surface area (Å²) in [6, 6.07) is 4.42. The largest absolute Gasteiger partial charge is 0.495 e. The normalized spacial score (nSPS) is 14.4. The van der Waals surface area contributed by atoms with Crippen molar-refractivity contribution in [2.24, 2.45) is 0 Å². The number of ether oxygens (including phenoxy) is 1. The molecule has 2 aromatic rings. The molecule has 1 aliphatic heterocycles. The van der Waals surface area contributed by atoms with Crippen LogP contribution in [0, 0.1) is 0 Å². The number of benzene rings is 1. The zero-order chi connectivity index (χ0) is 18.7. The number of carbonyl (C=O) groups excluding carboxylic acids is 1. The summed E-state index contributed by atoms with van der Waals surface area (Å²) in [7, 11) is 1.31. The fraction of sp³-hybridized carbons (Fsp3) is 0.353. The van der Waals surface area contributed by atoms with E-state index < -0.39 is 17.6 Å². The first-order valence-corrected chi connectivity index (χ1v) is 8.02. The van der Waals surface area contributed by atoms with Gasteiger partial charge in [-0.3, -0.25) is 4.79 Å². The number of methoxy groups -OCH3 is 1. The summed E-state index contributed by atoms with van der Waals surface area (Å²) in [5.74, 6) is 0.115. The number of anilines is 2. The molecule has 0 radical (unpaired) electrons. The Hall–Kier alpha value is -2.84. The van der Waals surface area contributed by atoms with E-state index in [2.05, 4.69) is 15.3 Å². The molecular formula is C17H17F3N4O2. The number of aromatic nitrogens is 2. The van der Waals surface area contributed by atoms with Crippen LogP contribution < -0.4 is 15.0 Å². The Labute approximate surface area is 148 Å². The topological polar surface area (TPSA) is 67.3 Å². The minimum Gasteiger partial charge on any atom is -0.495 e. The number of halogens is 3. The van der Waals surface area contributed by atoms with Gasteiger partial charge in [0.25, 0.3) is 5.91 Å². The molecule has 26 heavy (non-hydrogen) atoms. The van der Waals surface area contributed by atoms with E-state index in [1.54, 1.807) is 0 Å². The number of nitrogens with one attached hydrogen (secondary N) is 1. The summed E-state index contributed by atoms with van der Waals surface area (Å²) in [5.41, 5.74) is -0.885. The maximum absolute atomic E-state index is 12.9. The van der Waals surface area contributed by atoms with Crippen molar-refractivity contribution in [3.63, 3.8) is 0 Å². The first kappa shape index (κ1) is 18.0. The van der Waals surface area contributed by atoms with E-state index in [1.165, 1.54) is 19.5 Å². The molecule has 9 heteroatoms. The number of hydrogen-bond donors (Lipinski definition) is 1. The molecule has 6 nitrogen and oxygen atoms in total. The van der Waals surface area contributed by atoms with Crippen LogP contribution in [0.4, 0.5) is 24.7 Å². The third-order valence-corrected chi connectivity index (χ3v) is 4.09. The first-order valence-electron chi connectivity index (χ1n) is 8.02. The van der Waals surface area contributed by atoms with Crippen molar-refractivity contribution < 1.29 is 22.7 Å². The number of alkyl halides is 3. The predicted octanol–water partition coefficient (Wildman–Crippen LogP) is 3.36. The minimum atomic E-state index is -4.52. The Kier molecular flexibility index (Phi) is 4.97. The fourth-order valence-electron chi connectivity index (χ4n) is 2.76. The van der Waals surface area contributed by atoms with E-state index in [1.807, 2.05) is 4.90 Å². The molecule has 2 heterocycles. The van der Waals surface area contributed by atoms with Gasteiger partial charge in [0.05, 0.1) is 18.4 Å². The summed E-state index contributed by atoms with van der Waals surface area (Å²) in [5, 5.41) is 2.44. The first-order chi connectivity index (χ1) is 12.4. The molecular weight excluding hydrogens is 349 g/mol. The van der Waals surface area contributed by atoms with Gasteiger partial charge in [-0.05, 0) is 31.0 Å². The van der Waals surface area contributed by atoms with Crippen molar-refractivity contribution in [1.82, 2.24) is 9.97 Å². The second-order valence-corrected chi connectivity index (χ2v) is 5.82. The van der Waals surface area contributed by atoms with Crippen molar-refractivity contribution in [3.05, 3.63) is 41.9 Å². The standard InChI is InChI=1S/C17H17F3N4O2/c1-26-14-5-4-11(17(18,19)20)8-12(14)23-16(25)13-9-15(22-10-21-13)24-6-2-3-7-24/h4-5,8-10H,2-3,6-7H2,1H3,(H,23,25). The number of hydrogen-bond acceptors (Lipinski definition) is 5. The van der Waals surface area contributed by atoms with Crippen LogP contribution in [0.3, 0.4) is 0 Å². The second kappa shape index (κ2) is 7.19. The SMILES string of the molecule is COc1ccc(C(F)(F)F)cc1NC(=O)c1cc(N2CCCC2)ncn1. The second-order valence-electron chi connectivity index (χ2n) is 5.82. The maximum Gasteiger partial charge on any atom is 0.416 e. The zero-order valence-corrected chi connectivity index (χ0v) is 14.0. The Balaban J connectivity index is 1.84. The molecule has 1 fully saturated rings. The Morgan fingerprint density at radius 1 is 1.19 bits per heavy atom. The smallest absolute Gasteiger partial charge is 0.416 e. The summed E-state index contributed by atoms with van der Waals surface area (Å²) in [6.07, 6.45) is -1.16. The van der Waals surface area contributed by atoms with Gasteiger partial charge in [0.15, 0.2) is 0 Å².